The summed E-state index contributed by atoms with van der Waals surface area (Å²) in [6, 6.07) is 11.0. The fourth-order valence-corrected chi connectivity index (χ4v) is 9.72. The molecule has 0 heterocycles. The normalized spacial score (nSPS) is 15.3. The minimum absolute atomic E-state index is 0.308. The molecule has 0 spiro atoms. The van der Waals surface area contributed by atoms with Crippen molar-refractivity contribution in [3.8, 4) is 5.75 Å². The lowest BCUT2D eigenvalue weighted by atomic mass is 10.1. The fraction of sp³-hybridized carbons (Fsp3) is 0.250. The van der Waals surface area contributed by atoms with Crippen LogP contribution in [0.4, 0.5) is 0 Å². The van der Waals surface area contributed by atoms with Crippen LogP contribution in [-0.4, -0.2) is 0 Å². The third kappa shape index (κ3) is 10.7. The molecule has 2 nitrogen and oxygen atoms in total. The molecule has 0 bridgehead atoms. The van der Waals surface area contributed by atoms with Gasteiger partial charge < -0.3 is 4.52 Å². The van der Waals surface area contributed by atoms with E-state index in [1.807, 2.05) is 30.3 Å². The lowest BCUT2D eigenvalue weighted by molar-refractivity contribution is 0.511. The van der Waals surface area contributed by atoms with E-state index in [4.69, 9.17) is 15.8 Å². The Morgan fingerprint density at radius 1 is 0.667 bits per heavy atom. The van der Waals surface area contributed by atoms with Gasteiger partial charge in [0.25, 0.3) is 0 Å². The van der Waals surface area contributed by atoms with E-state index in [1.54, 1.807) is 6.07 Å². The molecule has 0 saturated heterocycles. The number of alkyl halides is 12. The topological polar surface area (TPSA) is 26.3 Å². The van der Waals surface area contributed by atoms with Gasteiger partial charge in [0.15, 0.2) is 8.57 Å². The van der Waals surface area contributed by atoms with Crippen molar-refractivity contribution in [1.29, 1.82) is 0 Å². The van der Waals surface area contributed by atoms with Gasteiger partial charge in [-0.1, -0.05) is 215 Å². The Balaban J connectivity index is 2.56. The molecular formula is C16H6Br12ClO2PS. The second kappa shape index (κ2) is 12.8. The molecule has 184 valence electrons. The van der Waals surface area contributed by atoms with Gasteiger partial charge in [0, 0.05) is 16.0 Å². The maximum absolute atomic E-state index is 13.6. The standard InChI is InChI=1S/C16H6Br12ClO2PS/c17-13(18,19)7-1-3-9(15(23,24)25)11(5-7)31-32(29,30)33-12-6-8(14(20,21)22)2-4-10(12)16(26,27)28/h1-6H. The van der Waals surface area contributed by atoms with Crippen molar-refractivity contribution in [3.63, 3.8) is 0 Å². The molecule has 0 aliphatic heterocycles. The molecule has 0 aliphatic carbocycles. The molecule has 17 heteroatoms. The average molecular weight is 1290 g/mol. The number of hydrogen-bond acceptors (Lipinski definition) is 3. The molecule has 0 N–H and O–H groups in total. The summed E-state index contributed by atoms with van der Waals surface area (Å²) in [4.78, 5) is 0.621. The van der Waals surface area contributed by atoms with E-state index in [1.165, 1.54) is 0 Å². The van der Waals surface area contributed by atoms with Gasteiger partial charge >= 0.3 is 5.92 Å². The minimum Gasteiger partial charge on any atom is -0.425 e. The molecule has 2 aromatic rings. The van der Waals surface area contributed by atoms with Crippen LogP contribution in [0, 0.1) is 0 Å². The molecule has 0 amide bonds. The molecule has 0 radical (unpaired) electrons. The van der Waals surface area contributed by atoms with E-state index < -0.39 is 14.5 Å². The largest absolute Gasteiger partial charge is 0.425 e. The summed E-state index contributed by atoms with van der Waals surface area (Å²) in [7, 11) is 0. The highest BCUT2D eigenvalue weighted by molar-refractivity contribution is 9.39. The first-order chi connectivity index (χ1) is 14.6. The maximum Gasteiger partial charge on any atom is 0.398 e. The zero-order chi connectivity index (χ0) is 25.6. The molecule has 0 fully saturated rings. The van der Waals surface area contributed by atoms with Crippen molar-refractivity contribution in [2.24, 2.45) is 0 Å². The van der Waals surface area contributed by atoms with E-state index in [-0.39, 0.29) is 0 Å². The van der Waals surface area contributed by atoms with E-state index in [0.29, 0.717) is 16.2 Å². The smallest absolute Gasteiger partial charge is 0.398 e. The molecular weight excluding hydrogens is 1280 g/mol. The first-order valence-electron chi connectivity index (χ1n) is 7.87. The Kier molecular flexibility index (Phi) is 13.2. The van der Waals surface area contributed by atoms with Gasteiger partial charge in [0.2, 0.25) is 0 Å². The second-order valence-corrected chi connectivity index (χ2v) is 38.7. The van der Waals surface area contributed by atoms with Gasteiger partial charge in [-0.25, -0.2) is 4.57 Å². The van der Waals surface area contributed by atoms with Crippen LogP contribution in [0.1, 0.15) is 22.3 Å². The van der Waals surface area contributed by atoms with Crippen LogP contribution in [0.5, 0.6) is 5.75 Å². The van der Waals surface area contributed by atoms with Gasteiger partial charge in [0.1, 0.15) is 5.75 Å². The summed E-state index contributed by atoms with van der Waals surface area (Å²) >= 11 is 49.6. The summed E-state index contributed by atoms with van der Waals surface area (Å²) in [6.45, 7) is 0. The van der Waals surface area contributed by atoms with Crippen LogP contribution in [0.25, 0.3) is 0 Å². The Morgan fingerprint density at radius 2 is 1.09 bits per heavy atom. The maximum atomic E-state index is 13.6. The van der Waals surface area contributed by atoms with Gasteiger partial charge in [-0.3, -0.25) is 0 Å². The summed E-state index contributed by atoms with van der Waals surface area (Å²) in [5.74, 6) is -3.49. The van der Waals surface area contributed by atoms with Crippen LogP contribution in [0.3, 0.4) is 0 Å². The predicted molar refractivity (Wildman–Crippen MR) is 187 cm³/mol. The monoisotopic (exact) mass is 1270 g/mol. The van der Waals surface area contributed by atoms with Crippen LogP contribution < -0.4 is 4.52 Å². The number of hydrogen-bond donors (Lipinski definition) is 0. The highest BCUT2D eigenvalue weighted by atomic mass is 80.0. The fourth-order valence-electron chi connectivity index (χ4n) is 2.27. The van der Waals surface area contributed by atoms with Crippen molar-refractivity contribution < 1.29 is 9.09 Å². The van der Waals surface area contributed by atoms with Crippen molar-refractivity contribution in [3.05, 3.63) is 58.7 Å². The van der Waals surface area contributed by atoms with Crippen molar-refractivity contribution in [2.45, 2.75) is 13.5 Å². The summed E-state index contributed by atoms with van der Waals surface area (Å²) < 4.78 is 16.6. The molecule has 0 saturated carbocycles. The number of rotatable bonds is 4. The molecule has 1 atom stereocenters. The van der Waals surface area contributed by atoms with Crippen molar-refractivity contribution in [1.82, 2.24) is 0 Å². The number of benzene rings is 2. The molecule has 1 unspecified atom stereocenters. The molecule has 2 rings (SSSR count). The van der Waals surface area contributed by atoms with Gasteiger partial charge in [0.05, 0.1) is 0 Å². The third-order valence-corrected chi connectivity index (χ3v) is 12.4. The minimum atomic E-state index is -3.80. The summed E-state index contributed by atoms with van der Waals surface area (Å²) in [5.41, 5.74) is 2.98. The van der Waals surface area contributed by atoms with Crippen molar-refractivity contribution in [2.75, 3.05) is 0 Å². The first-order valence-corrected chi connectivity index (χ1v) is 21.3. The summed E-state index contributed by atoms with van der Waals surface area (Å²) in [5, 5.41) is 0. The average Bonchev–Trinajstić information content (AvgIpc) is 2.57. The predicted octanol–water partition coefficient (Wildman–Crippen LogP) is 14.4. The first kappa shape index (κ1) is 34.1. The highest BCUT2D eigenvalue weighted by Crippen LogP contribution is 2.69. The van der Waals surface area contributed by atoms with Crippen LogP contribution in [0.2, 0.25) is 0 Å². The zero-order valence-corrected chi connectivity index (χ0v) is 36.5. The SMILES string of the molecule is O=P(Cl)(Oc1cc(C(Br)(Br)Br)ccc1C(Br)(Br)Br)Sc1cc(C(Br)(Br)Br)ccc1C(Br)(Br)Br. The molecule has 0 aromatic heterocycles. The van der Waals surface area contributed by atoms with Gasteiger partial charge in [-0.15, -0.1) is 0 Å². The molecule has 2 aromatic carbocycles. The van der Waals surface area contributed by atoms with E-state index in [9.17, 15) is 4.57 Å². The van der Waals surface area contributed by atoms with Crippen LogP contribution >= 0.6 is 220 Å². The zero-order valence-electron chi connectivity index (χ0n) is 15.0. The highest BCUT2D eigenvalue weighted by Gasteiger charge is 2.35. The second-order valence-electron chi connectivity index (χ2n) is 6.03. The Labute approximate surface area is 301 Å². The Bertz CT molecular complexity index is 994. The lowest BCUT2D eigenvalue weighted by Gasteiger charge is -2.24. The third-order valence-electron chi connectivity index (χ3n) is 3.64. The van der Waals surface area contributed by atoms with Crippen molar-refractivity contribution >= 4 is 220 Å². The quantitative estimate of drug-likeness (QED) is 0.225. The van der Waals surface area contributed by atoms with E-state index in [0.717, 1.165) is 28.1 Å². The number of halogens is 13. The molecule has 0 aliphatic rings. The molecule has 33 heavy (non-hydrogen) atoms. The van der Waals surface area contributed by atoms with E-state index in [2.05, 4.69) is 191 Å². The summed E-state index contributed by atoms with van der Waals surface area (Å²) in [6.07, 6.45) is 0. The Morgan fingerprint density at radius 3 is 1.52 bits per heavy atom. The van der Waals surface area contributed by atoms with E-state index >= 15 is 0 Å². The van der Waals surface area contributed by atoms with Crippen LogP contribution in [0.15, 0.2) is 41.3 Å². The lowest BCUT2D eigenvalue weighted by Crippen LogP contribution is -2.06. The van der Waals surface area contributed by atoms with Crippen LogP contribution in [-0.2, 0) is 13.1 Å². The van der Waals surface area contributed by atoms with Gasteiger partial charge in [-0.05, 0) is 45.9 Å². The van der Waals surface area contributed by atoms with Gasteiger partial charge in [-0.2, -0.15) is 0 Å². The Hall–Kier alpha value is 4.87.